The second kappa shape index (κ2) is 2.57. The van der Waals surface area contributed by atoms with Gasteiger partial charge in [0.25, 0.3) is 0 Å². The quantitative estimate of drug-likeness (QED) is 0.722. The molecule has 1 aromatic carbocycles. The summed E-state index contributed by atoms with van der Waals surface area (Å²) in [4.78, 5) is 0. The van der Waals surface area contributed by atoms with E-state index in [4.69, 9.17) is 5.73 Å². The highest BCUT2D eigenvalue weighted by Crippen LogP contribution is 2.35. The van der Waals surface area contributed by atoms with Gasteiger partial charge < -0.3 is 5.73 Å². The van der Waals surface area contributed by atoms with Crippen LogP contribution in [0.5, 0.6) is 0 Å². The highest BCUT2D eigenvalue weighted by Gasteiger charge is 2.29. The molecule has 0 aliphatic heterocycles. The van der Waals surface area contributed by atoms with E-state index in [2.05, 4.69) is 41.1 Å². The van der Waals surface area contributed by atoms with Crippen LogP contribution in [0.4, 0.5) is 0 Å². The number of benzene rings is 1. The molecule has 0 saturated carbocycles. The topological polar surface area (TPSA) is 26.0 Å². The number of rotatable bonds is 0. The molecular formula is C10H12BrN. The summed E-state index contributed by atoms with van der Waals surface area (Å²) in [6, 6.07) is 6.37. The fourth-order valence-corrected chi connectivity index (χ4v) is 2.26. The van der Waals surface area contributed by atoms with Crippen molar-refractivity contribution in [1.29, 1.82) is 0 Å². The summed E-state index contributed by atoms with van der Waals surface area (Å²) in [6.45, 7) is 2.10. The van der Waals surface area contributed by atoms with Gasteiger partial charge in [-0.05, 0) is 43.0 Å². The molecule has 0 saturated heterocycles. The molecule has 1 aliphatic carbocycles. The van der Waals surface area contributed by atoms with E-state index in [0.29, 0.717) is 0 Å². The first-order chi connectivity index (χ1) is 5.59. The molecule has 64 valence electrons. The SMILES string of the molecule is CC1(N)CCc2cc(Br)ccc21. The zero-order valence-electron chi connectivity index (χ0n) is 7.10. The monoisotopic (exact) mass is 225 g/mol. The van der Waals surface area contributed by atoms with E-state index in [-0.39, 0.29) is 5.54 Å². The first-order valence-corrected chi connectivity index (χ1v) is 4.97. The molecule has 1 atom stereocenters. The summed E-state index contributed by atoms with van der Waals surface area (Å²) in [5.74, 6) is 0. The highest BCUT2D eigenvalue weighted by atomic mass is 79.9. The van der Waals surface area contributed by atoms with E-state index in [1.54, 1.807) is 0 Å². The van der Waals surface area contributed by atoms with E-state index in [1.165, 1.54) is 11.1 Å². The van der Waals surface area contributed by atoms with Gasteiger partial charge in [0.05, 0.1) is 0 Å². The predicted octanol–water partition coefficient (Wildman–Crippen LogP) is 2.57. The zero-order chi connectivity index (χ0) is 8.77. The number of halogens is 1. The minimum atomic E-state index is -0.101. The molecule has 1 aliphatic rings. The molecular weight excluding hydrogens is 214 g/mol. The van der Waals surface area contributed by atoms with E-state index < -0.39 is 0 Å². The van der Waals surface area contributed by atoms with Crippen molar-refractivity contribution in [2.75, 3.05) is 0 Å². The maximum absolute atomic E-state index is 6.12. The van der Waals surface area contributed by atoms with Gasteiger partial charge in [0, 0.05) is 10.0 Å². The van der Waals surface area contributed by atoms with Gasteiger partial charge >= 0.3 is 0 Å². The summed E-state index contributed by atoms with van der Waals surface area (Å²) in [7, 11) is 0. The fourth-order valence-electron chi connectivity index (χ4n) is 1.86. The van der Waals surface area contributed by atoms with Crippen LogP contribution in [0.1, 0.15) is 24.5 Å². The Hall–Kier alpha value is -0.340. The third-order valence-electron chi connectivity index (χ3n) is 2.60. The molecule has 1 unspecified atom stereocenters. The van der Waals surface area contributed by atoms with Crippen LogP contribution in [0.3, 0.4) is 0 Å². The van der Waals surface area contributed by atoms with E-state index >= 15 is 0 Å². The average molecular weight is 226 g/mol. The second-order valence-electron chi connectivity index (χ2n) is 3.72. The van der Waals surface area contributed by atoms with E-state index in [1.807, 2.05) is 0 Å². The van der Waals surface area contributed by atoms with E-state index in [9.17, 15) is 0 Å². The lowest BCUT2D eigenvalue weighted by atomic mass is 9.96. The zero-order valence-corrected chi connectivity index (χ0v) is 8.69. The van der Waals surface area contributed by atoms with Crippen LogP contribution in [-0.4, -0.2) is 0 Å². The summed E-state index contributed by atoms with van der Waals surface area (Å²) in [5, 5.41) is 0. The first-order valence-electron chi connectivity index (χ1n) is 4.17. The summed E-state index contributed by atoms with van der Waals surface area (Å²) in [6.07, 6.45) is 2.18. The third kappa shape index (κ3) is 1.19. The molecule has 2 heteroatoms. The Balaban J connectivity index is 2.55. The second-order valence-corrected chi connectivity index (χ2v) is 4.63. The van der Waals surface area contributed by atoms with Crippen molar-refractivity contribution in [2.24, 2.45) is 5.73 Å². The van der Waals surface area contributed by atoms with Gasteiger partial charge in [-0.2, -0.15) is 0 Å². The van der Waals surface area contributed by atoms with Gasteiger partial charge in [-0.15, -0.1) is 0 Å². The van der Waals surface area contributed by atoms with Gasteiger partial charge in [-0.25, -0.2) is 0 Å². The van der Waals surface area contributed by atoms with Crippen LogP contribution < -0.4 is 5.73 Å². The van der Waals surface area contributed by atoms with Gasteiger partial charge in [-0.1, -0.05) is 22.0 Å². The molecule has 12 heavy (non-hydrogen) atoms. The number of fused-ring (bicyclic) bond motifs is 1. The van der Waals surface area contributed by atoms with Crippen molar-refractivity contribution in [2.45, 2.75) is 25.3 Å². The summed E-state index contributed by atoms with van der Waals surface area (Å²) >= 11 is 3.46. The van der Waals surface area contributed by atoms with Crippen molar-refractivity contribution >= 4 is 15.9 Å². The van der Waals surface area contributed by atoms with Crippen molar-refractivity contribution in [3.63, 3.8) is 0 Å². The van der Waals surface area contributed by atoms with Crippen LogP contribution in [0.2, 0.25) is 0 Å². The fraction of sp³-hybridized carbons (Fsp3) is 0.400. The minimum absolute atomic E-state index is 0.101. The number of nitrogens with two attached hydrogens (primary N) is 1. The Kier molecular flexibility index (Phi) is 1.77. The van der Waals surface area contributed by atoms with E-state index in [0.717, 1.165) is 17.3 Å². The molecule has 0 spiro atoms. The number of hydrogen-bond acceptors (Lipinski definition) is 1. The molecule has 1 aromatic rings. The Bertz CT molecular complexity index is 318. The normalized spacial score (nSPS) is 27.2. The van der Waals surface area contributed by atoms with Gasteiger partial charge in [0.15, 0.2) is 0 Å². The lowest BCUT2D eigenvalue weighted by Crippen LogP contribution is -2.29. The Morgan fingerprint density at radius 2 is 2.25 bits per heavy atom. The first kappa shape index (κ1) is 8.27. The predicted molar refractivity (Wildman–Crippen MR) is 54.0 cm³/mol. The molecule has 0 heterocycles. The van der Waals surface area contributed by atoms with Crippen molar-refractivity contribution in [3.05, 3.63) is 33.8 Å². The number of hydrogen-bond donors (Lipinski definition) is 1. The van der Waals surface area contributed by atoms with Crippen molar-refractivity contribution in [3.8, 4) is 0 Å². The lowest BCUT2D eigenvalue weighted by Gasteiger charge is -2.18. The lowest BCUT2D eigenvalue weighted by molar-refractivity contribution is 0.492. The Labute approximate surface area is 81.1 Å². The largest absolute Gasteiger partial charge is 0.322 e. The van der Waals surface area contributed by atoms with Crippen LogP contribution in [0, 0.1) is 0 Å². The van der Waals surface area contributed by atoms with Crippen LogP contribution >= 0.6 is 15.9 Å². The minimum Gasteiger partial charge on any atom is -0.322 e. The highest BCUT2D eigenvalue weighted by molar-refractivity contribution is 9.10. The standard InChI is InChI=1S/C10H12BrN/c1-10(12)5-4-7-6-8(11)2-3-9(7)10/h2-3,6H,4-5,12H2,1H3. The summed E-state index contributed by atoms with van der Waals surface area (Å²) < 4.78 is 1.15. The van der Waals surface area contributed by atoms with Gasteiger partial charge in [-0.3, -0.25) is 0 Å². The van der Waals surface area contributed by atoms with Crippen molar-refractivity contribution < 1.29 is 0 Å². The van der Waals surface area contributed by atoms with Crippen LogP contribution in [0.25, 0.3) is 0 Å². The third-order valence-corrected chi connectivity index (χ3v) is 3.09. The molecule has 0 radical (unpaired) electrons. The van der Waals surface area contributed by atoms with Gasteiger partial charge in [0.1, 0.15) is 0 Å². The Morgan fingerprint density at radius 1 is 1.50 bits per heavy atom. The average Bonchev–Trinajstić information content (AvgIpc) is 2.27. The molecule has 0 amide bonds. The van der Waals surface area contributed by atoms with Gasteiger partial charge in [0.2, 0.25) is 0 Å². The van der Waals surface area contributed by atoms with Crippen LogP contribution in [0.15, 0.2) is 22.7 Å². The molecule has 0 bridgehead atoms. The molecule has 2 N–H and O–H groups in total. The molecule has 1 nitrogen and oxygen atoms in total. The molecule has 2 rings (SSSR count). The maximum Gasteiger partial charge on any atom is 0.0386 e. The van der Waals surface area contributed by atoms with Crippen molar-refractivity contribution in [1.82, 2.24) is 0 Å². The smallest absolute Gasteiger partial charge is 0.0386 e. The molecule has 0 fully saturated rings. The Morgan fingerprint density at radius 3 is 3.00 bits per heavy atom. The number of aryl methyl sites for hydroxylation is 1. The van der Waals surface area contributed by atoms with Crippen LogP contribution in [-0.2, 0) is 12.0 Å². The summed E-state index contributed by atoms with van der Waals surface area (Å²) in [5.41, 5.74) is 8.73. The maximum atomic E-state index is 6.12. The molecule has 0 aromatic heterocycles.